The molecule has 0 aromatic rings. The van der Waals surface area contributed by atoms with Crippen LogP contribution in [0.4, 0.5) is 0 Å². The molecule has 0 fully saturated rings. The predicted octanol–water partition coefficient (Wildman–Crippen LogP) is 0.905. The molecule has 0 rings (SSSR count). The second-order valence-electron chi connectivity index (χ2n) is 1.41. The van der Waals surface area contributed by atoms with Gasteiger partial charge in [-0.05, 0) is 0 Å². The average molecular weight is 119 g/mol. The second kappa shape index (κ2) is 2.91. The van der Waals surface area contributed by atoms with Gasteiger partial charge in [-0.15, -0.1) is 0 Å². The van der Waals surface area contributed by atoms with E-state index in [2.05, 4.69) is 12.6 Å². The summed E-state index contributed by atoms with van der Waals surface area (Å²) in [4.78, 5) is 9.86. The molecule has 0 aromatic heterocycles. The second-order valence-corrected chi connectivity index (χ2v) is 1.74. The van der Waals surface area contributed by atoms with Crippen LogP contribution >= 0.6 is 12.6 Å². The molecule has 0 aliphatic heterocycles. The van der Waals surface area contributed by atoms with Crippen LogP contribution in [-0.4, -0.2) is 16.8 Å². The lowest BCUT2D eigenvalue weighted by Crippen LogP contribution is -2.09. The van der Waals surface area contributed by atoms with Gasteiger partial charge >= 0.3 is 5.97 Å². The number of carboxylic acid groups (broad SMARTS) is 1. The molecule has 2 nitrogen and oxygen atoms in total. The molecule has 41 valence electrons. The van der Waals surface area contributed by atoms with Gasteiger partial charge in [0, 0.05) is 5.75 Å². The topological polar surface area (TPSA) is 37.3 Å². The van der Waals surface area contributed by atoms with E-state index in [9.17, 15) is 4.79 Å². The Hall–Kier alpha value is -0.180. The van der Waals surface area contributed by atoms with E-state index in [4.69, 9.17) is 5.11 Å². The molecule has 0 aliphatic rings. The van der Waals surface area contributed by atoms with Crippen LogP contribution in [0.15, 0.2) is 0 Å². The molecule has 1 N–H and O–H groups in total. The Bertz CT molecular complexity index is 72.1. The highest BCUT2D eigenvalue weighted by Gasteiger charge is 2.06. The smallest absolute Gasteiger partial charge is 0.307 e. The SMILES string of the molecule is CC(C[S])C(=O)O. The van der Waals surface area contributed by atoms with Crippen molar-refractivity contribution >= 4 is 18.6 Å². The van der Waals surface area contributed by atoms with Gasteiger partial charge in [0.25, 0.3) is 0 Å². The summed E-state index contributed by atoms with van der Waals surface area (Å²) in [6.07, 6.45) is 0. The molecule has 0 heterocycles. The van der Waals surface area contributed by atoms with Gasteiger partial charge in [0.1, 0.15) is 0 Å². The Morgan fingerprint density at radius 2 is 2.43 bits per heavy atom. The van der Waals surface area contributed by atoms with Crippen LogP contribution in [0, 0.1) is 5.92 Å². The lowest BCUT2D eigenvalue weighted by atomic mass is 10.2. The van der Waals surface area contributed by atoms with Gasteiger partial charge in [-0.2, -0.15) is 0 Å². The molecule has 0 spiro atoms. The third kappa shape index (κ3) is 2.51. The molecule has 1 unspecified atom stereocenters. The fourth-order valence-corrected chi connectivity index (χ4v) is 0.214. The summed E-state index contributed by atoms with van der Waals surface area (Å²) in [7, 11) is 0. The summed E-state index contributed by atoms with van der Waals surface area (Å²) >= 11 is 4.47. The minimum Gasteiger partial charge on any atom is -0.481 e. The summed E-state index contributed by atoms with van der Waals surface area (Å²) in [6, 6.07) is 0. The van der Waals surface area contributed by atoms with Crippen molar-refractivity contribution in [2.24, 2.45) is 5.92 Å². The lowest BCUT2D eigenvalue weighted by Gasteiger charge is -1.95. The molecular formula is C4H7O2S. The van der Waals surface area contributed by atoms with Crippen molar-refractivity contribution in [1.29, 1.82) is 0 Å². The first-order valence-corrected chi connectivity index (χ1v) is 2.57. The number of carboxylic acids is 1. The number of carbonyl (C=O) groups is 1. The van der Waals surface area contributed by atoms with E-state index in [1.165, 1.54) is 0 Å². The predicted molar refractivity (Wildman–Crippen MR) is 29.3 cm³/mol. The number of aliphatic carboxylic acids is 1. The third-order valence-corrected chi connectivity index (χ3v) is 1.17. The van der Waals surface area contributed by atoms with Gasteiger partial charge in [-0.1, -0.05) is 19.6 Å². The maximum atomic E-state index is 9.86. The van der Waals surface area contributed by atoms with Gasteiger partial charge < -0.3 is 5.11 Å². The Balaban J connectivity index is 3.34. The Morgan fingerprint density at radius 1 is 2.00 bits per heavy atom. The van der Waals surface area contributed by atoms with Crippen LogP contribution in [0.5, 0.6) is 0 Å². The van der Waals surface area contributed by atoms with Crippen molar-refractivity contribution in [1.82, 2.24) is 0 Å². The number of hydrogen-bond acceptors (Lipinski definition) is 1. The van der Waals surface area contributed by atoms with Crippen LogP contribution in [0.25, 0.3) is 0 Å². The summed E-state index contributed by atoms with van der Waals surface area (Å²) in [5.74, 6) is -0.875. The van der Waals surface area contributed by atoms with Crippen molar-refractivity contribution in [2.45, 2.75) is 6.92 Å². The molecular weight excluding hydrogens is 112 g/mol. The standard InChI is InChI=1S/C4H7O2S/c1-3(2-7)4(5)6/h3H,2H2,1H3,(H,5,6). The Morgan fingerprint density at radius 3 is 2.43 bits per heavy atom. The van der Waals surface area contributed by atoms with E-state index < -0.39 is 5.97 Å². The van der Waals surface area contributed by atoms with E-state index in [0.29, 0.717) is 5.75 Å². The van der Waals surface area contributed by atoms with Crippen molar-refractivity contribution in [3.05, 3.63) is 0 Å². The highest BCUT2D eigenvalue weighted by Crippen LogP contribution is 1.94. The van der Waals surface area contributed by atoms with Crippen LogP contribution in [0.1, 0.15) is 6.92 Å². The zero-order valence-electron chi connectivity index (χ0n) is 4.05. The summed E-state index contributed by atoms with van der Waals surface area (Å²) in [5.41, 5.74) is 0. The summed E-state index contributed by atoms with van der Waals surface area (Å²) in [6.45, 7) is 1.59. The first-order chi connectivity index (χ1) is 3.18. The lowest BCUT2D eigenvalue weighted by molar-refractivity contribution is -0.140. The maximum Gasteiger partial charge on any atom is 0.307 e. The molecule has 7 heavy (non-hydrogen) atoms. The molecule has 0 aliphatic carbocycles. The van der Waals surface area contributed by atoms with E-state index in [0.717, 1.165) is 0 Å². The van der Waals surface area contributed by atoms with Gasteiger partial charge in [-0.3, -0.25) is 4.79 Å². The van der Waals surface area contributed by atoms with E-state index in [1.807, 2.05) is 0 Å². The minimum absolute atomic E-state index is 0.301. The molecule has 0 aromatic carbocycles. The molecule has 0 saturated carbocycles. The quantitative estimate of drug-likeness (QED) is 0.586. The van der Waals surface area contributed by atoms with Crippen LogP contribution in [0.2, 0.25) is 0 Å². The van der Waals surface area contributed by atoms with E-state index in [-0.39, 0.29) is 5.92 Å². The Labute approximate surface area is 47.9 Å². The molecule has 1 atom stereocenters. The summed E-state index contributed by atoms with van der Waals surface area (Å²) in [5, 5.41) is 8.12. The first kappa shape index (κ1) is 6.82. The van der Waals surface area contributed by atoms with Gasteiger partial charge in [0.15, 0.2) is 0 Å². The molecule has 0 amide bonds. The van der Waals surface area contributed by atoms with Crippen LogP contribution in [-0.2, 0) is 4.79 Å². The fraction of sp³-hybridized carbons (Fsp3) is 0.750. The van der Waals surface area contributed by atoms with Gasteiger partial charge in [0.2, 0.25) is 0 Å². The van der Waals surface area contributed by atoms with E-state index >= 15 is 0 Å². The normalized spacial score (nSPS) is 13.4. The van der Waals surface area contributed by atoms with Crippen molar-refractivity contribution in [3.63, 3.8) is 0 Å². The van der Waals surface area contributed by atoms with Crippen molar-refractivity contribution < 1.29 is 9.90 Å². The average Bonchev–Trinajstić information content (AvgIpc) is 1.65. The molecule has 3 heteroatoms. The minimum atomic E-state index is -0.810. The zero-order valence-corrected chi connectivity index (χ0v) is 4.86. The maximum absolute atomic E-state index is 9.86. The fourth-order valence-electron chi connectivity index (χ4n) is 0.0713. The monoisotopic (exact) mass is 119 g/mol. The van der Waals surface area contributed by atoms with Gasteiger partial charge in [-0.25, -0.2) is 0 Å². The van der Waals surface area contributed by atoms with Crippen LogP contribution in [0.3, 0.4) is 0 Å². The Kier molecular flexibility index (Phi) is 2.83. The van der Waals surface area contributed by atoms with Crippen molar-refractivity contribution in [2.75, 3.05) is 5.75 Å². The molecule has 1 radical (unpaired) electrons. The van der Waals surface area contributed by atoms with Gasteiger partial charge in [0.05, 0.1) is 5.92 Å². The van der Waals surface area contributed by atoms with E-state index in [1.54, 1.807) is 6.92 Å². The highest BCUT2D eigenvalue weighted by atomic mass is 32.1. The first-order valence-electron chi connectivity index (χ1n) is 1.99. The highest BCUT2D eigenvalue weighted by molar-refractivity contribution is 7.80. The molecule has 0 bridgehead atoms. The molecule has 0 saturated heterocycles. The number of hydrogen-bond donors (Lipinski definition) is 1. The van der Waals surface area contributed by atoms with Crippen LogP contribution < -0.4 is 0 Å². The van der Waals surface area contributed by atoms with Crippen molar-refractivity contribution in [3.8, 4) is 0 Å². The summed E-state index contributed by atoms with van der Waals surface area (Å²) < 4.78 is 0. The zero-order chi connectivity index (χ0) is 5.86. The number of rotatable bonds is 2. The third-order valence-electron chi connectivity index (χ3n) is 0.672. The largest absolute Gasteiger partial charge is 0.481 e.